The summed E-state index contributed by atoms with van der Waals surface area (Å²) in [7, 11) is 0. The van der Waals surface area contributed by atoms with Crippen LogP contribution in [0.1, 0.15) is 0 Å². The van der Waals surface area contributed by atoms with Crippen molar-refractivity contribution >= 4 is 28.9 Å². The van der Waals surface area contributed by atoms with Crippen LogP contribution in [-0.2, 0) is 4.79 Å². The summed E-state index contributed by atoms with van der Waals surface area (Å²) in [6.07, 6.45) is 1.22. The first kappa shape index (κ1) is 19.7. The number of anilines is 1. The fraction of sp³-hybridized carbons (Fsp3) is 0.375. The van der Waals surface area contributed by atoms with E-state index in [0.717, 1.165) is 6.54 Å². The van der Waals surface area contributed by atoms with Gasteiger partial charge in [-0.3, -0.25) is 19.8 Å². The molecule has 1 fully saturated rings. The lowest BCUT2D eigenvalue weighted by Crippen LogP contribution is -2.50. The topological polar surface area (TPSA) is 129 Å². The third-order valence-electron chi connectivity index (χ3n) is 3.99. The quantitative estimate of drug-likeness (QED) is 0.329. The van der Waals surface area contributed by atoms with Gasteiger partial charge in [-0.15, -0.1) is 0 Å². The highest BCUT2D eigenvalue weighted by Gasteiger charge is 2.23. The van der Waals surface area contributed by atoms with E-state index in [9.17, 15) is 20.2 Å². The number of carbonyl (C=O) groups excluding carboxylic acids is 1. The number of nitro benzene ring substituents is 1. The van der Waals surface area contributed by atoms with Crippen molar-refractivity contribution < 1.29 is 9.72 Å². The summed E-state index contributed by atoms with van der Waals surface area (Å²) in [4.78, 5) is 26.5. The minimum Gasteiger partial charge on any atom is -0.359 e. The van der Waals surface area contributed by atoms with Crippen molar-refractivity contribution in [3.05, 3.63) is 45.1 Å². The molecule has 0 saturated carbocycles. The van der Waals surface area contributed by atoms with E-state index >= 15 is 0 Å². The fourth-order valence-electron chi connectivity index (χ4n) is 2.56. The van der Waals surface area contributed by atoms with E-state index in [1.54, 1.807) is 4.90 Å². The number of nitrogens with two attached hydrogens (primary N) is 1. The Morgan fingerprint density at radius 2 is 2.12 bits per heavy atom. The Bertz CT molecular complexity index is 753. The van der Waals surface area contributed by atoms with E-state index in [0.29, 0.717) is 32.7 Å². The molecule has 0 atom stereocenters. The zero-order chi connectivity index (χ0) is 19.1. The minimum absolute atomic E-state index is 0.0974. The van der Waals surface area contributed by atoms with E-state index in [1.807, 2.05) is 6.07 Å². The van der Waals surface area contributed by atoms with Crippen LogP contribution in [0.25, 0.3) is 0 Å². The van der Waals surface area contributed by atoms with Gasteiger partial charge in [-0.25, -0.2) is 0 Å². The molecule has 1 heterocycles. The van der Waals surface area contributed by atoms with Crippen molar-refractivity contribution in [3.8, 4) is 6.07 Å². The van der Waals surface area contributed by atoms with Crippen molar-refractivity contribution in [1.29, 1.82) is 5.26 Å². The van der Waals surface area contributed by atoms with Crippen LogP contribution >= 0.6 is 11.6 Å². The molecule has 0 unspecified atom stereocenters. The summed E-state index contributed by atoms with van der Waals surface area (Å²) >= 11 is 5.99. The van der Waals surface area contributed by atoms with Gasteiger partial charge in [0, 0.05) is 57.6 Å². The van der Waals surface area contributed by atoms with Gasteiger partial charge in [0.05, 0.1) is 15.6 Å². The van der Waals surface area contributed by atoms with Gasteiger partial charge in [-0.1, -0.05) is 11.6 Å². The summed E-state index contributed by atoms with van der Waals surface area (Å²) in [6.45, 7) is 3.75. The number of non-ortho nitro benzene ring substituents is 1. The molecule has 9 nitrogen and oxygen atoms in total. The van der Waals surface area contributed by atoms with Crippen LogP contribution in [0.3, 0.4) is 0 Å². The van der Waals surface area contributed by atoms with Gasteiger partial charge in [0.25, 0.3) is 11.6 Å². The van der Waals surface area contributed by atoms with E-state index in [-0.39, 0.29) is 22.0 Å². The highest BCUT2D eigenvalue weighted by Crippen LogP contribution is 2.26. The van der Waals surface area contributed by atoms with Gasteiger partial charge in [0.15, 0.2) is 0 Å². The Kier molecular flexibility index (Phi) is 6.91. The zero-order valence-electron chi connectivity index (χ0n) is 14.0. The standard InChI is InChI=1S/C16H19ClN6O3/c17-14-2-1-13(23(25)26)9-15(14)20-11-12(10-19)16(24)22-7-5-21(4-3-18)6-8-22/h1-2,9,11,20H,3-8,18H2/b12-11-. The van der Waals surface area contributed by atoms with Crippen LogP contribution in [0.2, 0.25) is 5.02 Å². The van der Waals surface area contributed by atoms with Crippen molar-refractivity contribution in [2.75, 3.05) is 44.6 Å². The smallest absolute Gasteiger partial charge is 0.271 e. The van der Waals surface area contributed by atoms with Crippen LogP contribution in [-0.4, -0.2) is 59.9 Å². The molecule has 1 aliphatic rings. The van der Waals surface area contributed by atoms with E-state index in [2.05, 4.69) is 10.2 Å². The summed E-state index contributed by atoms with van der Waals surface area (Å²) in [5.74, 6) is -0.394. The Hall–Kier alpha value is -2.67. The lowest BCUT2D eigenvalue weighted by atomic mass is 10.2. The number of hydrogen-bond donors (Lipinski definition) is 2. The van der Waals surface area contributed by atoms with Crippen molar-refractivity contribution in [2.45, 2.75) is 0 Å². The molecular weight excluding hydrogens is 360 g/mol. The molecular formula is C16H19ClN6O3. The van der Waals surface area contributed by atoms with E-state index < -0.39 is 10.8 Å². The molecule has 0 bridgehead atoms. The molecule has 2 rings (SSSR count). The first-order valence-corrected chi connectivity index (χ1v) is 8.36. The number of benzene rings is 1. The van der Waals surface area contributed by atoms with Crippen LogP contribution in [0, 0.1) is 21.4 Å². The molecule has 1 saturated heterocycles. The number of amides is 1. The Morgan fingerprint density at radius 1 is 1.42 bits per heavy atom. The molecule has 1 aromatic rings. The third kappa shape index (κ3) is 4.92. The zero-order valence-corrected chi connectivity index (χ0v) is 14.8. The van der Waals surface area contributed by atoms with Crippen LogP contribution in [0.4, 0.5) is 11.4 Å². The Morgan fingerprint density at radius 3 is 2.69 bits per heavy atom. The monoisotopic (exact) mass is 378 g/mol. The first-order valence-electron chi connectivity index (χ1n) is 7.98. The molecule has 0 aliphatic carbocycles. The number of nitro groups is 1. The third-order valence-corrected chi connectivity index (χ3v) is 4.32. The van der Waals surface area contributed by atoms with Gasteiger partial charge in [-0.2, -0.15) is 5.26 Å². The maximum Gasteiger partial charge on any atom is 0.271 e. The van der Waals surface area contributed by atoms with Crippen molar-refractivity contribution in [1.82, 2.24) is 9.80 Å². The number of carbonyl (C=O) groups is 1. The molecule has 138 valence electrons. The van der Waals surface area contributed by atoms with E-state index in [1.165, 1.54) is 24.4 Å². The lowest BCUT2D eigenvalue weighted by molar-refractivity contribution is -0.384. The first-order chi connectivity index (χ1) is 12.5. The lowest BCUT2D eigenvalue weighted by Gasteiger charge is -2.34. The molecule has 0 radical (unpaired) electrons. The second-order valence-corrected chi connectivity index (χ2v) is 6.07. The Labute approximate surface area is 155 Å². The van der Waals surface area contributed by atoms with E-state index in [4.69, 9.17) is 17.3 Å². The predicted octanol–water partition coefficient (Wildman–Crippen LogP) is 1.17. The average Bonchev–Trinajstić information content (AvgIpc) is 2.64. The highest BCUT2D eigenvalue weighted by atomic mass is 35.5. The fourth-order valence-corrected chi connectivity index (χ4v) is 2.73. The molecule has 3 N–H and O–H groups in total. The summed E-state index contributed by atoms with van der Waals surface area (Å²) in [5.41, 5.74) is 5.52. The predicted molar refractivity (Wildman–Crippen MR) is 97.5 cm³/mol. The Balaban J connectivity index is 2.06. The number of halogens is 1. The summed E-state index contributed by atoms with van der Waals surface area (Å²) in [6, 6.07) is 5.75. The second kappa shape index (κ2) is 9.15. The number of nitriles is 1. The maximum atomic E-state index is 12.5. The normalized spacial score (nSPS) is 15.4. The summed E-state index contributed by atoms with van der Waals surface area (Å²) in [5, 5.41) is 23.1. The van der Waals surface area contributed by atoms with Crippen LogP contribution in [0.15, 0.2) is 30.0 Å². The number of nitrogens with zero attached hydrogens (tertiary/aromatic N) is 4. The van der Waals surface area contributed by atoms with Gasteiger partial charge in [0.2, 0.25) is 0 Å². The molecule has 1 aliphatic heterocycles. The number of nitrogens with one attached hydrogen (secondary N) is 1. The van der Waals surface area contributed by atoms with Crippen LogP contribution < -0.4 is 11.1 Å². The number of piperazine rings is 1. The minimum atomic E-state index is -0.553. The van der Waals surface area contributed by atoms with Gasteiger partial charge in [-0.05, 0) is 6.07 Å². The SMILES string of the molecule is N#C/C(=C/Nc1cc([N+](=O)[O-])ccc1Cl)C(=O)N1CCN(CCN)CC1. The van der Waals surface area contributed by atoms with Gasteiger partial charge in [0.1, 0.15) is 11.6 Å². The largest absolute Gasteiger partial charge is 0.359 e. The highest BCUT2D eigenvalue weighted by molar-refractivity contribution is 6.33. The number of hydrogen-bond acceptors (Lipinski definition) is 7. The summed E-state index contributed by atoms with van der Waals surface area (Å²) < 4.78 is 0. The molecule has 0 aromatic heterocycles. The molecule has 0 spiro atoms. The molecule has 1 aromatic carbocycles. The molecule has 10 heteroatoms. The second-order valence-electron chi connectivity index (χ2n) is 5.66. The maximum absolute atomic E-state index is 12.5. The van der Waals surface area contributed by atoms with Crippen molar-refractivity contribution in [3.63, 3.8) is 0 Å². The van der Waals surface area contributed by atoms with Gasteiger partial charge < -0.3 is 16.0 Å². The molecule has 1 amide bonds. The van der Waals surface area contributed by atoms with Gasteiger partial charge >= 0.3 is 0 Å². The van der Waals surface area contributed by atoms with Crippen LogP contribution in [0.5, 0.6) is 0 Å². The average molecular weight is 379 g/mol. The van der Waals surface area contributed by atoms with Crippen molar-refractivity contribution in [2.24, 2.45) is 5.73 Å². The number of rotatable bonds is 6. The molecule has 26 heavy (non-hydrogen) atoms.